The van der Waals surface area contributed by atoms with Crippen LogP contribution in [0.25, 0.3) is 0 Å². The summed E-state index contributed by atoms with van der Waals surface area (Å²) in [6.45, 7) is 0. The van der Waals surface area contributed by atoms with Gasteiger partial charge in [-0.2, -0.15) is 0 Å². The van der Waals surface area contributed by atoms with Crippen molar-refractivity contribution < 1.29 is 18.7 Å². The highest BCUT2D eigenvalue weighted by Crippen LogP contribution is 2.41. The molecule has 0 aromatic heterocycles. The van der Waals surface area contributed by atoms with Crippen LogP contribution in [0.3, 0.4) is 0 Å². The van der Waals surface area contributed by atoms with E-state index >= 15 is 0 Å². The van der Waals surface area contributed by atoms with Gasteiger partial charge >= 0.3 is 6.03 Å². The van der Waals surface area contributed by atoms with E-state index in [9.17, 15) is 18.7 Å². The lowest BCUT2D eigenvalue weighted by atomic mass is 10.1. The lowest BCUT2D eigenvalue weighted by Crippen LogP contribution is -2.38. The maximum absolute atomic E-state index is 13.7. The number of likely N-dealkylation sites (N-methyl/N-ethyl adjacent to an activating group) is 1. The summed E-state index contributed by atoms with van der Waals surface area (Å²) in [5.74, 6) is -2.21. The summed E-state index contributed by atoms with van der Waals surface area (Å²) in [5.41, 5.74) is 1.05. The van der Waals surface area contributed by atoms with Crippen LogP contribution in [0.2, 0.25) is 10.0 Å². The van der Waals surface area contributed by atoms with Gasteiger partial charge < -0.3 is 15.3 Å². The molecule has 132 valence electrons. The van der Waals surface area contributed by atoms with Gasteiger partial charge in [0.15, 0.2) is 11.6 Å². The largest absolute Gasteiger partial charge is 0.390 e. The predicted molar refractivity (Wildman–Crippen MR) is 92.1 cm³/mol. The Morgan fingerprint density at radius 3 is 2.76 bits per heavy atom. The molecule has 0 radical (unpaired) electrons. The van der Waals surface area contributed by atoms with E-state index in [4.69, 9.17) is 23.2 Å². The molecule has 2 aromatic carbocycles. The molecule has 0 spiro atoms. The lowest BCUT2D eigenvalue weighted by molar-refractivity contribution is 0.0934. The number of anilines is 1. The molecule has 2 atom stereocenters. The van der Waals surface area contributed by atoms with Gasteiger partial charge in [-0.25, -0.2) is 13.6 Å². The molecule has 0 saturated heterocycles. The molecule has 0 unspecified atom stereocenters. The number of urea groups is 1. The number of nitrogens with one attached hydrogen (secondary N) is 1. The van der Waals surface area contributed by atoms with Crippen LogP contribution in [0.15, 0.2) is 30.3 Å². The Labute approximate surface area is 153 Å². The Kier molecular flexibility index (Phi) is 4.86. The highest BCUT2D eigenvalue weighted by molar-refractivity contribution is 6.35. The van der Waals surface area contributed by atoms with Crippen molar-refractivity contribution >= 4 is 34.9 Å². The maximum atomic E-state index is 13.7. The number of carbonyl (C=O) groups is 1. The van der Waals surface area contributed by atoms with Gasteiger partial charge in [-0.05, 0) is 35.4 Å². The van der Waals surface area contributed by atoms with Crippen molar-refractivity contribution in [1.29, 1.82) is 0 Å². The molecule has 2 aromatic rings. The van der Waals surface area contributed by atoms with Gasteiger partial charge in [0.2, 0.25) is 0 Å². The summed E-state index contributed by atoms with van der Waals surface area (Å²) in [7, 11) is 1.45. The molecule has 0 heterocycles. The number of amides is 2. The van der Waals surface area contributed by atoms with Crippen LogP contribution in [0.5, 0.6) is 0 Å². The Bertz CT molecular complexity index is 848. The topological polar surface area (TPSA) is 52.6 Å². The Hall–Kier alpha value is -1.89. The second-order valence-electron chi connectivity index (χ2n) is 5.81. The molecule has 2 N–H and O–H groups in total. The van der Waals surface area contributed by atoms with E-state index in [0.29, 0.717) is 21.2 Å². The molecule has 0 aliphatic heterocycles. The highest BCUT2D eigenvalue weighted by atomic mass is 35.5. The van der Waals surface area contributed by atoms with Crippen LogP contribution < -0.4 is 5.32 Å². The van der Waals surface area contributed by atoms with Gasteiger partial charge in [-0.3, -0.25) is 0 Å². The number of aliphatic hydroxyl groups excluding tert-OH is 1. The molecular weight excluding hydrogens is 373 g/mol. The third-order valence-corrected chi connectivity index (χ3v) is 4.78. The molecule has 1 aliphatic carbocycles. The van der Waals surface area contributed by atoms with Crippen molar-refractivity contribution in [3.63, 3.8) is 0 Å². The number of nitrogens with zero attached hydrogens (tertiary/aromatic N) is 1. The predicted octanol–water partition coefficient (Wildman–Crippen LogP) is 4.39. The maximum Gasteiger partial charge on any atom is 0.322 e. The average molecular weight is 387 g/mol. The zero-order chi connectivity index (χ0) is 18.3. The quantitative estimate of drug-likeness (QED) is 0.803. The van der Waals surface area contributed by atoms with E-state index in [1.54, 1.807) is 12.1 Å². The van der Waals surface area contributed by atoms with Crippen LogP contribution in [0.1, 0.15) is 17.2 Å². The van der Waals surface area contributed by atoms with Crippen molar-refractivity contribution in [3.05, 3.63) is 63.1 Å². The van der Waals surface area contributed by atoms with Gasteiger partial charge in [0.05, 0.1) is 17.8 Å². The van der Waals surface area contributed by atoms with Gasteiger partial charge in [-0.15, -0.1) is 0 Å². The summed E-state index contributed by atoms with van der Waals surface area (Å²) < 4.78 is 27.0. The van der Waals surface area contributed by atoms with Crippen LogP contribution in [-0.2, 0) is 6.42 Å². The summed E-state index contributed by atoms with van der Waals surface area (Å²) in [6.07, 6.45) is -0.624. The van der Waals surface area contributed by atoms with E-state index < -0.39 is 29.8 Å². The Morgan fingerprint density at radius 1 is 1.32 bits per heavy atom. The smallest absolute Gasteiger partial charge is 0.322 e. The van der Waals surface area contributed by atoms with Crippen molar-refractivity contribution in [2.75, 3.05) is 12.4 Å². The lowest BCUT2D eigenvalue weighted by Gasteiger charge is -2.28. The normalized spacial score (nSPS) is 18.8. The molecule has 1 aliphatic rings. The van der Waals surface area contributed by atoms with Gasteiger partial charge in [0, 0.05) is 23.5 Å². The van der Waals surface area contributed by atoms with Gasteiger partial charge in [0.25, 0.3) is 0 Å². The number of halogens is 4. The molecule has 0 bridgehead atoms. The van der Waals surface area contributed by atoms with E-state index in [1.165, 1.54) is 24.1 Å². The zero-order valence-electron chi connectivity index (χ0n) is 13.1. The summed E-state index contributed by atoms with van der Waals surface area (Å²) in [4.78, 5) is 13.7. The molecule has 25 heavy (non-hydrogen) atoms. The minimum absolute atomic E-state index is 0.266. The Morgan fingerprint density at radius 2 is 2.04 bits per heavy atom. The standard InChI is InChI=1S/C17H14Cl2F2N2O2/c1-23(17(25)22-13-4-2-3-12(20)15(13)21)16-10-5-8(18)6-11(19)9(10)7-14(16)24/h2-6,14,16,24H,7H2,1H3,(H,22,25)/t14-,16-/m1/s1. The molecule has 2 amide bonds. The molecule has 0 saturated carbocycles. The monoisotopic (exact) mass is 386 g/mol. The first-order valence-electron chi connectivity index (χ1n) is 7.43. The fourth-order valence-corrected chi connectivity index (χ4v) is 3.61. The van der Waals surface area contributed by atoms with Crippen LogP contribution in [0, 0.1) is 11.6 Å². The zero-order valence-corrected chi connectivity index (χ0v) is 14.6. The summed E-state index contributed by atoms with van der Waals surface area (Å²) in [6, 6.07) is 5.29. The number of benzene rings is 2. The van der Waals surface area contributed by atoms with Crippen molar-refractivity contribution in [1.82, 2.24) is 4.90 Å². The van der Waals surface area contributed by atoms with Crippen molar-refractivity contribution in [2.45, 2.75) is 18.6 Å². The number of fused-ring (bicyclic) bond motifs is 1. The first kappa shape index (κ1) is 17.9. The number of rotatable bonds is 2. The second-order valence-corrected chi connectivity index (χ2v) is 6.66. The third kappa shape index (κ3) is 3.29. The van der Waals surface area contributed by atoms with E-state index in [2.05, 4.69) is 5.32 Å². The minimum Gasteiger partial charge on any atom is -0.390 e. The average Bonchev–Trinajstić information content (AvgIpc) is 2.87. The molecular formula is C17H14Cl2F2N2O2. The fraction of sp³-hybridized carbons (Fsp3) is 0.235. The first-order chi connectivity index (χ1) is 11.8. The summed E-state index contributed by atoms with van der Waals surface area (Å²) in [5, 5.41) is 13.4. The van der Waals surface area contributed by atoms with E-state index in [1.807, 2.05) is 0 Å². The number of hydrogen-bond acceptors (Lipinski definition) is 2. The SMILES string of the molecule is CN(C(=O)Nc1cccc(F)c1F)[C@@H]1c2cc(Cl)cc(Cl)c2C[C@H]1O. The van der Waals surface area contributed by atoms with Crippen molar-refractivity contribution in [2.24, 2.45) is 0 Å². The number of hydrogen-bond donors (Lipinski definition) is 2. The first-order valence-corrected chi connectivity index (χ1v) is 8.19. The van der Waals surface area contributed by atoms with Crippen molar-refractivity contribution in [3.8, 4) is 0 Å². The summed E-state index contributed by atoms with van der Waals surface area (Å²) >= 11 is 12.2. The minimum atomic E-state index is -1.15. The molecule has 4 nitrogen and oxygen atoms in total. The Balaban J connectivity index is 1.87. The van der Waals surface area contributed by atoms with Gasteiger partial charge in [-0.1, -0.05) is 29.3 Å². The highest BCUT2D eigenvalue weighted by Gasteiger charge is 2.37. The van der Waals surface area contributed by atoms with Crippen LogP contribution >= 0.6 is 23.2 Å². The fourth-order valence-electron chi connectivity index (χ4n) is 3.03. The number of carbonyl (C=O) groups excluding carboxylic acids is 1. The second kappa shape index (κ2) is 6.78. The third-order valence-electron chi connectivity index (χ3n) is 4.22. The molecule has 3 rings (SSSR count). The van der Waals surface area contributed by atoms with Crippen LogP contribution in [-0.4, -0.2) is 29.2 Å². The molecule has 8 heteroatoms. The van der Waals surface area contributed by atoms with Gasteiger partial charge in [0.1, 0.15) is 0 Å². The van der Waals surface area contributed by atoms with E-state index in [0.717, 1.165) is 6.07 Å². The number of aliphatic hydroxyl groups is 1. The molecule has 0 fully saturated rings. The van der Waals surface area contributed by atoms with Crippen LogP contribution in [0.4, 0.5) is 19.3 Å². The van der Waals surface area contributed by atoms with E-state index in [-0.39, 0.29) is 12.1 Å².